The van der Waals surface area contributed by atoms with Crippen LogP contribution in [0, 0.1) is 0 Å². The second-order valence-corrected chi connectivity index (χ2v) is 9.35. The Morgan fingerprint density at radius 2 is 1.80 bits per heavy atom. The lowest BCUT2D eigenvalue weighted by atomic mass is 10.1. The minimum atomic E-state index is -3.60. The van der Waals surface area contributed by atoms with Crippen LogP contribution in [0.25, 0.3) is 0 Å². The van der Waals surface area contributed by atoms with E-state index in [1.807, 2.05) is 13.8 Å². The highest BCUT2D eigenvalue weighted by Gasteiger charge is 2.36. The predicted molar refractivity (Wildman–Crippen MR) is 115 cm³/mol. The number of nitrogens with one attached hydrogen (secondary N) is 2. The fourth-order valence-electron chi connectivity index (χ4n) is 3.10. The molecular formula is C21H25N3O5S. The van der Waals surface area contributed by atoms with Crippen LogP contribution >= 0.6 is 0 Å². The molecular weight excluding hydrogens is 406 g/mol. The van der Waals surface area contributed by atoms with Crippen LogP contribution < -0.4 is 19.7 Å². The van der Waals surface area contributed by atoms with E-state index in [9.17, 15) is 18.0 Å². The number of sulfonamides is 1. The zero-order chi connectivity index (χ0) is 21.9. The summed E-state index contributed by atoms with van der Waals surface area (Å²) in [6.45, 7) is 5.08. The van der Waals surface area contributed by atoms with Gasteiger partial charge in [0.15, 0.2) is 6.10 Å². The molecule has 2 aromatic rings. The van der Waals surface area contributed by atoms with Crippen molar-refractivity contribution in [2.75, 3.05) is 21.9 Å². The van der Waals surface area contributed by atoms with Gasteiger partial charge in [0.25, 0.3) is 11.8 Å². The number of amides is 2. The van der Waals surface area contributed by atoms with Gasteiger partial charge in [-0.1, -0.05) is 24.3 Å². The summed E-state index contributed by atoms with van der Waals surface area (Å²) in [6.07, 6.45) is -1.07. The number of anilines is 2. The zero-order valence-corrected chi connectivity index (χ0v) is 17.9. The van der Waals surface area contributed by atoms with E-state index < -0.39 is 22.0 Å². The van der Waals surface area contributed by atoms with Gasteiger partial charge < -0.3 is 15.4 Å². The molecule has 2 N–H and O–H groups in total. The summed E-state index contributed by atoms with van der Waals surface area (Å²) in [5.41, 5.74) is 1.04. The molecule has 0 saturated heterocycles. The van der Waals surface area contributed by atoms with Crippen LogP contribution in [0.3, 0.4) is 0 Å². The highest BCUT2D eigenvalue weighted by molar-refractivity contribution is 7.92. The lowest BCUT2D eigenvalue weighted by molar-refractivity contribution is -0.122. The van der Waals surface area contributed by atoms with Crippen molar-refractivity contribution in [1.82, 2.24) is 5.32 Å². The van der Waals surface area contributed by atoms with Gasteiger partial charge in [-0.25, -0.2) is 8.42 Å². The summed E-state index contributed by atoms with van der Waals surface area (Å²) in [5, 5.41) is 5.50. The molecule has 9 heteroatoms. The number of carbonyl (C=O) groups is 2. The maximum Gasteiger partial charge on any atom is 0.267 e. The molecule has 1 heterocycles. The lowest BCUT2D eigenvalue weighted by Crippen LogP contribution is -2.49. The molecule has 0 fully saturated rings. The van der Waals surface area contributed by atoms with E-state index in [-0.39, 0.29) is 24.2 Å². The van der Waals surface area contributed by atoms with Gasteiger partial charge in [0, 0.05) is 6.04 Å². The average Bonchev–Trinajstić information content (AvgIpc) is 2.72. The number of hydrogen-bond donors (Lipinski definition) is 2. The first-order chi connectivity index (χ1) is 14.2. The molecule has 0 aliphatic carbocycles. The van der Waals surface area contributed by atoms with E-state index in [1.54, 1.807) is 55.5 Å². The molecule has 3 rings (SSSR count). The van der Waals surface area contributed by atoms with E-state index in [4.69, 9.17) is 4.74 Å². The molecule has 1 aliphatic rings. The van der Waals surface area contributed by atoms with Gasteiger partial charge in [-0.3, -0.25) is 13.9 Å². The van der Waals surface area contributed by atoms with Gasteiger partial charge in [-0.2, -0.15) is 0 Å². The van der Waals surface area contributed by atoms with Gasteiger partial charge in [-0.05, 0) is 45.0 Å². The zero-order valence-electron chi connectivity index (χ0n) is 17.1. The molecule has 0 unspecified atom stereocenters. The van der Waals surface area contributed by atoms with Gasteiger partial charge in [0.05, 0.1) is 29.2 Å². The van der Waals surface area contributed by atoms with Crippen molar-refractivity contribution in [1.29, 1.82) is 0 Å². The number of rotatable bonds is 6. The van der Waals surface area contributed by atoms with E-state index >= 15 is 0 Å². The Kier molecular flexibility index (Phi) is 6.31. The molecule has 160 valence electrons. The molecule has 0 aromatic heterocycles. The van der Waals surface area contributed by atoms with Crippen molar-refractivity contribution in [3.05, 3.63) is 54.1 Å². The van der Waals surface area contributed by atoms with Gasteiger partial charge in [0.2, 0.25) is 10.0 Å². The fourth-order valence-corrected chi connectivity index (χ4v) is 4.23. The standard InChI is InChI=1S/C21H25N3O5S/c1-4-30(27,28)24-13-19(29-18-12-8-7-11-17(18)24)21(26)23-16-10-6-5-9-15(16)20(25)22-14(2)3/h5-12,14,19H,4,13H2,1-3H3,(H,22,25)(H,23,26)/t19-/m0/s1. The summed E-state index contributed by atoms with van der Waals surface area (Å²) >= 11 is 0. The fraction of sp³-hybridized carbons (Fsp3) is 0.333. The Morgan fingerprint density at radius 1 is 1.13 bits per heavy atom. The van der Waals surface area contributed by atoms with Crippen LogP contribution in [0.4, 0.5) is 11.4 Å². The Morgan fingerprint density at radius 3 is 2.50 bits per heavy atom. The molecule has 2 aromatic carbocycles. The summed E-state index contributed by atoms with van der Waals surface area (Å²) < 4.78 is 32.1. The monoisotopic (exact) mass is 431 g/mol. The van der Waals surface area contributed by atoms with E-state index in [1.165, 1.54) is 4.31 Å². The first-order valence-electron chi connectivity index (χ1n) is 9.69. The summed E-state index contributed by atoms with van der Waals surface area (Å²) in [6, 6.07) is 13.3. The molecule has 1 aliphatic heterocycles. The van der Waals surface area contributed by atoms with Crippen molar-refractivity contribution in [2.45, 2.75) is 32.9 Å². The number of carbonyl (C=O) groups excluding carboxylic acids is 2. The van der Waals surface area contributed by atoms with Crippen LogP contribution in [0.5, 0.6) is 5.75 Å². The smallest absolute Gasteiger partial charge is 0.267 e. The maximum atomic E-state index is 12.9. The van der Waals surface area contributed by atoms with Crippen LogP contribution in [-0.4, -0.2) is 44.7 Å². The third-order valence-corrected chi connectivity index (χ3v) is 6.32. The van der Waals surface area contributed by atoms with Gasteiger partial charge in [-0.15, -0.1) is 0 Å². The highest BCUT2D eigenvalue weighted by Crippen LogP contribution is 2.35. The number of ether oxygens (including phenoxy) is 1. The summed E-state index contributed by atoms with van der Waals surface area (Å²) in [5.74, 6) is -0.642. The highest BCUT2D eigenvalue weighted by atomic mass is 32.2. The largest absolute Gasteiger partial charge is 0.476 e. The minimum Gasteiger partial charge on any atom is -0.476 e. The number of benzene rings is 2. The molecule has 30 heavy (non-hydrogen) atoms. The Bertz CT molecular complexity index is 1050. The SMILES string of the molecule is CCS(=O)(=O)N1C[C@@H](C(=O)Nc2ccccc2C(=O)NC(C)C)Oc2ccccc21. The third-order valence-electron chi connectivity index (χ3n) is 4.58. The van der Waals surface area contributed by atoms with E-state index in [0.29, 0.717) is 22.7 Å². The maximum absolute atomic E-state index is 12.9. The molecule has 0 radical (unpaired) electrons. The lowest BCUT2D eigenvalue weighted by Gasteiger charge is -2.34. The third kappa shape index (κ3) is 4.56. The van der Waals surface area contributed by atoms with Crippen molar-refractivity contribution < 1.29 is 22.7 Å². The minimum absolute atomic E-state index is 0.0627. The van der Waals surface area contributed by atoms with Crippen molar-refractivity contribution in [2.24, 2.45) is 0 Å². The number of fused-ring (bicyclic) bond motifs is 1. The first kappa shape index (κ1) is 21.6. The molecule has 0 saturated carbocycles. The quantitative estimate of drug-likeness (QED) is 0.731. The normalized spacial score (nSPS) is 15.9. The Balaban J connectivity index is 1.86. The first-order valence-corrected chi connectivity index (χ1v) is 11.3. The molecule has 0 spiro atoms. The predicted octanol–water partition coefficient (Wildman–Crippen LogP) is 2.38. The number of para-hydroxylation sites is 3. The molecule has 2 amide bonds. The van der Waals surface area contributed by atoms with E-state index in [2.05, 4.69) is 10.6 Å². The Labute approximate surface area is 176 Å². The Hall–Kier alpha value is -3.07. The van der Waals surface area contributed by atoms with Crippen LogP contribution in [0.1, 0.15) is 31.1 Å². The van der Waals surface area contributed by atoms with Crippen molar-refractivity contribution >= 4 is 33.2 Å². The molecule has 8 nitrogen and oxygen atoms in total. The van der Waals surface area contributed by atoms with Crippen LogP contribution in [0.2, 0.25) is 0 Å². The van der Waals surface area contributed by atoms with Crippen molar-refractivity contribution in [3.8, 4) is 5.75 Å². The van der Waals surface area contributed by atoms with Crippen molar-refractivity contribution in [3.63, 3.8) is 0 Å². The number of nitrogens with zero attached hydrogens (tertiary/aromatic N) is 1. The second kappa shape index (κ2) is 8.74. The van der Waals surface area contributed by atoms with E-state index in [0.717, 1.165) is 0 Å². The van der Waals surface area contributed by atoms with Gasteiger partial charge in [0.1, 0.15) is 5.75 Å². The topological polar surface area (TPSA) is 105 Å². The number of hydrogen-bond acceptors (Lipinski definition) is 5. The summed E-state index contributed by atoms with van der Waals surface area (Å²) in [4.78, 5) is 25.4. The summed E-state index contributed by atoms with van der Waals surface area (Å²) in [7, 11) is -3.60. The van der Waals surface area contributed by atoms with Gasteiger partial charge >= 0.3 is 0 Å². The van der Waals surface area contributed by atoms with Crippen LogP contribution in [-0.2, 0) is 14.8 Å². The average molecular weight is 432 g/mol. The molecule has 0 bridgehead atoms. The molecule has 1 atom stereocenters. The second-order valence-electron chi connectivity index (χ2n) is 7.17. The van der Waals surface area contributed by atoms with Crippen LogP contribution in [0.15, 0.2) is 48.5 Å².